The zero-order valence-corrected chi connectivity index (χ0v) is 38.4. The van der Waals surface area contributed by atoms with Crippen LogP contribution in [0.1, 0.15) is 162 Å². The van der Waals surface area contributed by atoms with Crippen LogP contribution >= 0.6 is 7.82 Å². The highest BCUT2D eigenvalue weighted by atomic mass is 31.2. The van der Waals surface area contributed by atoms with E-state index in [1.165, 1.54) is 19.3 Å². The third kappa shape index (κ3) is 31.2. The molecule has 7 N–H and O–H groups in total. The number of aliphatic hydroxyl groups excluding tert-OH is 3. The number of esters is 2. The van der Waals surface area contributed by atoms with Crippen LogP contribution < -0.4 is 5.73 Å². The van der Waals surface area contributed by atoms with E-state index in [4.69, 9.17) is 29.6 Å². The zero-order valence-electron chi connectivity index (χ0n) is 37.5. The molecule has 15 nitrogen and oxygen atoms in total. The highest BCUT2D eigenvalue weighted by molar-refractivity contribution is 7.47. The van der Waals surface area contributed by atoms with Gasteiger partial charge in [0, 0.05) is 25.2 Å². The van der Waals surface area contributed by atoms with Gasteiger partial charge in [-0.3, -0.25) is 23.4 Å². The summed E-state index contributed by atoms with van der Waals surface area (Å²) in [6.45, 7) is 2.39. The quantitative estimate of drug-likeness (QED) is 0.0148. The molecule has 0 aromatic rings. The van der Waals surface area contributed by atoms with Crippen LogP contribution in [0.3, 0.4) is 0 Å². The molecule has 1 aliphatic rings. The number of carbonyl (C=O) groups is 3. The van der Waals surface area contributed by atoms with E-state index < -0.39 is 82.3 Å². The van der Waals surface area contributed by atoms with Gasteiger partial charge in [-0.1, -0.05) is 127 Å². The maximum absolute atomic E-state index is 12.7. The van der Waals surface area contributed by atoms with E-state index in [0.717, 1.165) is 77.0 Å². The van der Waals surface area contributed by atoms with Crippen LogP contribution in [-0.4, -0.2) is 99.8 Å². The summed E-state index contributed by atoms with van der Waals surface area (Å²) >= 11 is 0. The fraction of sp³-hybridized carbons (Fsp3) is 0.761. The molecule has 1 rings (SSSR count). The lowest BCUT2D eigenvalue weighted by Gasteiger charge is -2.36. The van der Waals surface area contributed by atoms with Crippen molar-refractivity contribution in [1.82, 2.24) is 0 Å². The molecule has 0 radical (unpaired) electrons. The van der Waals surface area contributed by atoms with E-state index in [1.807, 2.05) is 12.2 Å². The summed E-state index contributed by atoms with van der Waals surface area (Å²) in [5, 5.41) is 39.9. The number of hydrogen-bond donors (Lipinski definition) is 6. The first-order valence-electron chi connectivity index (χ1n) is 23.1. The number of carboxylic acid groups (broad SMARTS) is 1. The molecule has 1 fully saturated rings. The van der Waals surface area contributed by atoms with Gasteiger partial charge in [-0.2, -0.15) is 0 Å². The molecule has 62 heavy (non-hydrogen) atoms. The number of carbonyl (C=O) groups excluding carboxylic acids is 2. The van der Waals surface area contributed by atoms with Crippen molar-refractivity contribution in [2.45, 2.75) is 198 Å². The van der Waals surface area contributed by atoms with Crippen molar-refractivity contribution in [3.05, 3.63) is 48.6 Å². The molecule has 0 bridgehead atoms. The van der Waals surface area contributed by atoms with Crippen LogP contribution in [0, 0.1) is 5.92 Å². The highest BCUT2D eigenvalue weighted by Crippen LogP contribution is 2.43. The summed E-state index contributed by atoms with van der Waals surface area (Å²) in [4.78, 5) is 46.3. The summed E-state index contributed by atoms with van der Waals surface area (Å²) in [5.41, 5.74) is 5.33. The molecule has 358 valence electrons. The van der Waals surface area contributed by atoms with Crippen LogP contribution in [0.2, 0.25) is 0 Å². The number of rotatable bonds is 38. The Kier molecular flexibility index (Phi) is 33.8. The van der Waals surface area contributed by atoms with Crippen molar-refractivity contribution in [2.24, 2.45) is 11.7 Å². The standard InChI is InChI=1S/C46H80NO14P/c1-3-5-7-8-9-10-11-12-13-14-15-16-17-18-19-20-26-30-44(51)60-38(35-58-62(55,56)59-36-40(47)46(53)54)34-57-43(50)29-25-22-21-24-28-39-41(49)33-45(52)61-42(39)32-31-37(48)27-23-6-4-2/h9-10,12-13,21,24,31-32,37-42,45,48-49,52H,3-8,11,14-20,22-23,25-30,33-36,47H2,1-2H3,(H,53,54)(H,55,56)/b10-9-,13-12-,24-21-,32-31+/t37-,38+,39-,40-,41-,42+,45?/m0/s1. The van der Waals surface area contributed by atoms with E-state index in [1.54, 1.807) is 12.2 Å². The second-order valence-electron chi connectivity index (χ2n) is 16.1. The lowest BCUT2D eigenvalue weighted by atomic mass is 9.87. The van der Waals surface area contributed by atoms with Crippen molar-refractivity contribution >= 4 is 25.7 Å². The largest absolute Gasteiger partial charge is 0.480 e. The van der Waals surface area contributed by atoms with Gasteiger partial charge in [-0.05, 0) is 64.2 Å². The van der Waals surface area contributed by atoms with Crippen LogP contribution in [0.15, 0.2) is 48.6 Å². The molecular formula is C46H80NO14P. The predicted octanol–water partition coefficient (Wildman–Crippen LogP) is 8.28. The summed E-state index contributed by atoms with van der Waals surface area (Å²) in [6, 6.07) is -1.57. The average molecular weight is 902 g/mol. The molecule has 0 aromatic carbocycles. The Morgan fingerprint density at radius 2 is 1.34 bits per heavy atom. The third-order valence-corrected chi connectivity index (χ3v) is 11.3. The van der Waals surface area contributed by atoms with Gasteiger partial charge < -0.3 is 45.3 Å². The van der Waals surface area contributed by atoms with Crippen molar-refractivity contribution in [3.63, 3.8) is 0 Å². The summed E-state index contributed by atoms with van der Waals surface area (Å²) in [7, 11) is -4.79. The van der Waals surface area contributed by atoms with Gasteiger partial charge >= 0.3 is 25.7 Å². The maximum Gasteiger partial charge on any atom is 0.472 e. The molecule has 0 spiro atoms. The number of aliphatic carboxylic acids is 1. The first kappa shape index (κ1) is 57.3. The number of ether oxygens (including phenoxy) is 3. The van der Waals surface area contributed by atoms with E-state index in [2.05, 4.69) is 42.7 Å². The Hall–Kier alpha value is -2.72. The summed E-state index contributed by atoms with van der Waals surface area (Å²) in [6.07, 6.45) is 30.7. The molecular weight excluding hydrogens is 821 g/mol. The molecule has 0 aromatic heterocycles. The number of allylic oxidation sites excluding steroid dienone is 6. The third-order valence-electron chi connectivity index (χ3n) is 10.3. The highest BCUT2D eigenvalue weighted by Gasteiger charge is 2.35. The monoisotopic (exact) mass is 902 g/mol. The minimum Gasteiger partial charge on any atom is -0.480 e. The average Bonchev–Trinajstić information content (AvgIpc) is 3.23. The van der Waals surface area contributed by atoms with Crippen molar-refractivity contribution in [2.75, 3.05) is 19.8 Å². The second kappa shape index (κ2) is 36.6. The van der Waals surface area contributed by atoms with Gasteiger partial charge in [0.1, 0.15) is 12.6 Å². The first-order chi connectivity index (χ1) is 29.8. The fourth-order valence-electron chi connectivity index (χ4n) is 6.60. The summed E-state index contributed by atoms with van der Waals surface area (Å²) < 4.78 is 38.4. The van der Waals surface area contributed by atoms with E-state index in [0.29, 0.717) is 32.1 Å². The second-order valence-corrected chi connectivity index (χ2v) is 17.5. The van der Waals surface area contributed by atoms with E-state index in [9.17, 15) is 39.2 Å². The van der Waals surface area contributed by atoms with Crippen molar-refractivity contribution in [3.8, 4) is 0 Å². The number of nitrogens with two attached hydrogens (primary N) is 1. The Morgan fingerprint density at radius 3 is 2.02 bits per heavy atom. The molecule has 8 atom stereocenters. The Labute approximate surface area is 370 Å². The van der Waals surface area contributed by atoms with Crippen molar-refractivity contribution in [1.29, 1.82) is 0 Å². The van der Waals surface area contributed by atoms with Gasteiger partial charge in [-0.25, -0.2) is 4.57 Å². The number of carboxylic acids is 1. The normalized spacial score (nSPS) is 20.8. The lowest BCUT2D eigenvalue weighted by Crippen LogP contribution is -2.43. The fourth-order valence-corrected chi connectivity index (χ4v) is 7.38. The molecule has 0 amide bonds. The number of hydrogen-bond acceptors (Lipinski definition) is 13. The van der Waals surface area contributed by atoms with Gasteiger partial charge in [0.2, 0.25) is 0 Å². The Balaban J connectivity index is 2.51. The maximum atomic E-state index is 12.7. The van der Waals surface area contributed by atoms with Crippen molar-refractivity contribution < 1.29 is 67.5 Å². The summed E-state index contributed by atoms with van der Waals surface area (Å²) in [5.74, 6) is -2.96. The number of phosphoric ester groups is 1. The van der Waals surface area contributed by atoms with Gasteiger partial charge in [0.05, 0.1) is 31.5 Å². The molecule has 1 saturated heterocycles. The van der Waals surface area contributed by atoms with Crippen LogP contribution in [-0.2, 0) is 42.2 Å². The Morgan fingerprint density at radius 1 is 0.758 bits per heavy atom. The minimum atomic E-state index is -4.79. The topological polar surface area (TPSA) is 242 Å². The van der Waals surface area contributed by atoms with Crippen LogP contribution in [0.5, 0.6) is 0 Å². The van der Waals surface area contributed by atoms with Crippen LogP contribution in [0.25, 0.3) is 0 Å². The predicted molar refractivity (Wildman–Crippen MR) is 239 cm³/mol. The van der Waals surface area contributed by atoms with E-state index >= 15 is 0 Å². The number of unbranched alkanes of at least 4 members (excludes halogenated alkanes) is 13. The number of aliphatic hydroxyl groups is 3. The minimum absolute atomic E-state index is 0.0245. The molecule has 2 unspecified atom stereocenters. The van der Waals surface area contributed by atoms with Crippen LogP contribution in [0.4, 0.5) is 0 Å². The van der Waals surface area contributed by atoms with Gasteiger partial charge in [-0.15, -0.1) is 0 Å². The van der Waals surface area contributed by atoms with Gasteiger partial charge in [0.25, 0.3) is 0 Å². The molecule has 1 aliphatic heterocycles. The Bertz CT molecular complexity index is 1360. The smallest absolute Gasteiger partial charge is 0.472 e. The van der Waals surface area contributed by atoms with E-state index in [-0.39, 0.29) is 25.2 Å². The molecule has 16 heteroatoms. The lowest BCUT2D eigenvalue weighted by molar-refractivity contribution is -0.199. The SMILES string of the molecule is CCCCC/C=C\C/C=C\CCCCCCCCCC(=O)O[C@H](COC(=O)CCC/C=C\C[C@H]1[C@@H](O)CC(O)O[C@@H]1/C=C/[C@@H](O)CCCCC)COP(=O)(O)OC[C@H](N)C(=O)O. The molecule has 0 aliphatic carbocycles. The number of phosphoric acid groups is 1. The van der Waals surface area contributed by atoms with Gasteiger partial charge in [0.15, 0.2) is 12.4 Å². The molecule has 0 saturated carbocycles. The molecule has 1 heterocycles. The first-order valence-corrected chi connectivity index (χ1v) is 24.6. The zero-order chi connectivity index (χ0) is 45.9.